The molecule has 0 radical (unpaired) electrons. The lowest BCUT2D eigenvalue weighted by Crippen LogP contribution is -2.11. The van der Waals surface area contributed by atoms with Crippen LogP contribution in [0.25, 0.3) is 10.9 Å². The highest BCUT2D eigenvalue weighted by atomic mass is 16.6. The Morgan fingerprint density at radius 3 is 2.52 bits per heavy atom. The van der Waals surface area contributed by atoms with Crippen LogP contribution in [-0.2, 0) is 11.2 Å². The number of rotatable bonds is 4. The number of hydrogen-bond acceptors (Lipinski definition) is 5. The third kappa shape index (κ3) is 5.28. The zero-order valence-corrected chi connectivity index (χ0v) is 13.5. The molecule has 2 aromatic carbocycles. The van der Waals surface area contributed by atoms with Crippen molar-refractivity contribution < 1.29 is 9.72 Å². The minimum Gasteiger partial charge on any atom is -0.393 e. The summed E-state index contributed by atoms with van der Waals surface area (Å²) in [5, 5.41) is 11.7. The van der Waals surface area contributed by atoms with Crippen molar-refractivity contribution in [1.82, 2.24) is 4.98 Å². The van der Waals surface area contributed by atoms with Crippen LogP contribution in [0.2, 0.25) is 0 Å². The number of benzene rings is 2. The van der Waals surface area contributed by atoms with E-state index in [2.05, 4.69) is 17.1 Å². The SMILES string of the molecule is NC(=O)CCc1ccc(N)c([N+](=O)[O-])c1.c1ccc2ncccc2c1. The van der Waals surface area contributed by atoms with Gasteiger partial charge in [-0.25, -0.2) is 0 Å². The second-order valence-electron chi connectivity index (χ2n) is 5.31. The number of para-hydroxylation sites is 1. The fraction of sp³-hybridized carbons (Fsp3) is 0.111. The summed E-state index contributed by atoms with van der Waals surface area (Å²) >= 11 is 0. The number of nitro groups is 1. The zero-order chi connectivity index (χ0) is 18.2. The maximum absolute atomic E-state index is 10.5. The maximum Gasteiger partial charge on any atom is 0.292 e. The van der Waals surface area contributed by atoms with Gasteiger partial charge in [0.05, 0.1) is 10.4 Å². The molecule has 0 atom stereocenters. The lowest BCUT2D eigenvalue weighted by atomic mass is 10.1. The van der Waals surface area contributed by atoms with Gasteiger partial charge in [-0.3, -0.25) is 19.9 Å². The maximum atomic E-state index is 10.5. The first-order valence-corrected chi connectivity index (χ1v) is 7.58. The van der Waals surface area contributed by atoms with Gasteiger partial charge in [0.25, 0.3) is 5.69 Å². The van der Waals surface area contributed by atoms with Crippen LogP contribution in [-0.4, -0.2) is 15.8 Å². The van der Waals surface area contributed by atoms with Crippen molar-refractivity contribution in [3.63, 3.8) is 0 Å². The summed E-state index contributed by atoms with van der Waals surface area (Å²) in [7, 11) is 0. The Hall–Kier alpha value is -3.48. The van der Waals surface area contributed by atoms with Crippen LogP contribution in [0.15, 0.2) is 60.8 Å². The van der Waals surface area contributed by atoms with Crippen LogP contribution in [0.1, 0.15) is 12.0 Å². The Morgan fingerprint density at radius 1 is 1.12 bits per heavy atom. The summed E-state index contributed by atoms with van der Waals surface area (Å²) in [5.41, 5.74) is 12.1. The lowest BCUT2D eigenvalue weighted by Gasteiger charge is -2.01. The molecule has 3 aromatic rings. The Balaban J connectivity index is 0.000000194. The number of anilines is 1. The molecule has 1 amide bonds. The van der Waals surface area contributed by atoms with Crippen molar-refractivity contribution in [3.05, 3.63) is 76.5 Å². The van der Waals surface area contributed by atoms with E-state index in [9.17, 15) is 14.9 Å². The molecular weight excluding hydrogens is 320 g/mol. The largest absolute Gasteiger partial charge is 0.393 e. The number of carbonyl (C=O) groups is 1. The minimum atomic E-state index is -0.552. The number of fused-ring (bicyclic) bond motifs is 1. The summed E-state index contributed by atoms with van der Waals surface area (Å²) in [4.78, 5) is 24.7. The topological polar surface area (TPSA) is 125 Å². The third-order valence-corrected chi connectivity index (χ3v) is 3.46. The smallest absolute Gasteiger partial charge is 0.292 e. The van der Waals surface area contributed by atoms with E-state index in [0.717, 1.165) is 5.52 Å². The van der Waals surface area contributed by atoms with Gasteiger partial charge in [0.2, 0.25) is 5.91 Å². The first kappa shape index (κ1) is 17.9. The van der Waals surface area contributed by atoms with Crippen LogP contribution >= 0.6 is 0 Å². The van der Waals surface area contributed by atoms with Crippen LogP contribution < -0.4 is 11.5 Å². The molecule has 0 spiro atoms. The van der Waals surface area contributed by atoms with Gasteiger partial charge < -0.3 is 11.5 Å². The normalized spacial score (nSPS) is 9.92. The highest BCUT2D eigenvalue weighted by Gasteiger charge is 2.11. The summed E-state index contributed by atoms with van der Waals surface area (Å²) in [6.07, 6.45) is 2.36. The summed E-state index contributed by atoms with van der Waals surface area (Å²) in [5.74, 6) is -0.436. The third-order valence-electron chi connectivity index (χ3n) is 3.46. The molecular formula is C18H18N4O3. The van der Waals surface area contributed by atoms with Gasteiger partial charge in [0.15, 0.2) is 0 Å². The molecule has 0 saturated heterocycles. The second-order valence-corrected chi connectivity index (χ2v) is 5.31. The van der Waals surface area contributed by atoms with Gasteiger partial charge in [-0.1, -0.05) is 30.3 Å². The second kappa shape index (κ2) is 8.39. The molecule has 0 unspecified atom stereocenters. The van der Waals surface area contributed by atoms with Crippen molar-refractivity contribution in [3.8, 4) is 0 Å². The van der Waals surface area contributed by atoms with Crippen molar-refractivity contribution >= 4 is 28.2 Å². The van der Waals surface area contributed by atoms with E-state index in [4.69, 9.17) is 11.5 Å². The number of nitro benzene ring substituents is 1. The number of nitrogens with two attached hydrogens (primary N) is 2. The average Bonchev–Trinajstić information content (AvgIpc) is 2.61. The highest BCUT2D eigenvalue weighted by molar-refractivity contribution is 5.77. The van der Waals surface area contributed by atoms with Gasteiger partial charge in [-0.2, -0.15) is 0 Å². The highest BCUT2D eigenvalue weighted by Crippen LogP contribution is 2.22. The van der Waals surface area contributed by atoms with E-state index < -0.39 is 10.8 Å². The predicted molar refractivity (Wildman–Crippen MR) is 96.8 cm³/mol. The van der Waals surface area contributed by atoms with Gasteiger partial charge in [0.1, 0.15) is 5.69 Å². The Kier molecular flexibility index (Phi) is 6.00. The quantitative estimate of drug-likeness (QED) is 0.430. The van der Waals surface area contributed by atoms with Crippen LogP contribution in [0.5, 0.6) is 0 Å². The molecule has 0 saturated carbocycles. The lowest BCUT2D eigenvalue weighted by molar-refractivity contribution is -0.384. The molecule has 3 rings (SSSR count). The minimum absolute atomic E-state index is 0.114. The van der Waals surface area contributed by atoms with Crippen molar-refractivity contribution in [2.24, 2.45) is 5.73 Å². The molecule has 0 aliphatic carbocycles. The average molecular weight is 338 g/mol. The molecule has 7 heteroatoms. The number of aryl methyl sites for hydroxylation is 1. The number of hydrogen-bond donors (Lipinski definition) is 2. The van der Waals surface area contributed by atoms with Crippen molar-refractivity contribution in [2.45, 2.75) is 12.8 Å². The number of pyridine rings is 1. The monoisotopic (exact) mass is 338 g/mol. The van der Waals surface area contributed by atoms with E-state index in [-0.39, 0.29) is 17.8 Å². The molecule has 0 fully saturated rings. The molecule has 0 aliphatic rings. The molecule has 0 aliphatic heterocycles. The first-order valence-electron chi connectivity index (χ1n) is 7.58. The van der Waals surface area contributed by atoms with Crippen LogP contribution in [0.3, 0.4) is 0 Å². The number of carbonyl (C=O) groups excluding carboxylic acids is 1. The zero-order valence-electron chi connectivity index (χ0n) is 13.5. The summed E-state index contributed by atoms with van der Waals surface area (Å²) in [6.45, 7) is 0. The van der Waals surface area contributed by atoms with Gasteiger partial charge >= 0.3 is 0 Å². The molecule has 128 valence electrons. The fourth-order valence-electron chi connectivity index (χ4n) is 2.19. The number of aromatic nitrogens is 1. The van der Waals surface area contributed by atoms with E-state index in [1.807, 2.05) is 30.5 Å². The predicted octanol–water partition coefficient (Wildman–Crippen LogP) is 2.83. The van der Waals surface area contributed by atoms with E-state index in [0.29, 0.717) is 12.0 Å². The molecule has 0 bridgehead atoms. The van der Waals surface area contributed by atoms with E-state index in [1.54, 1.807) is 6.07 Å². The number of primary amides is 1. The number of nitrogen functional groups attached to an aromatic ring is 1. The van der Waals surface area contributed by atoms with Gasteiger partial charge in [-0.15, -0.1) is 0 Å². The molecule has 4 N–H and O–H groups in total. The standard InChI is InChI=1S/C9H11N3O3.C9H7N/c10-7-3-1-6(2-4-9(11)13)5-8(7)12(14)15;1-2-6-9-8(4-1)5-3-7-10-9/h1,3,5H,2,4,10H2,(H2,11,13);1-7H. The van der Waals surface area contributed by atoms with Gasteiger partial charge in [-0.05, 0) is 30.2 Å². The van der Waals surface area contributed by atoms with E-state index in [1.165, 1.54) is 17.5 Å². The molecule has 25 heavy (non-hydrogen) atoms. The first-order chi connectivity index (χ1) is 12.0. The van der Waals surface area contributed by atoms with Gasteiger partial charge in [0, 0.05) is 24.1 Å². The summed E-state index contributed by atoms with van der Waals surface area (Å²) in [6, 6.07) is 16.5. The van der Waals surface area contributed by atoms with Crippen LogP contribution in [0, 0.1) is 10.1 Å². The molecule has 1 heterocycles. The Morgan fingerprint density at radius 2 is 1.84 bits per heavy atom. The number of nitrogens with zero attached hydrogens (tertiary/aromatic N) is 2. The summed E-state index contributed by atoms with van der Waals surface area (Å²) < 4.78 is 0. The molecule has 7 nitrogen and oxygen atoms in total. The number of amides is 1. The Bertz CT molecular complexity index is 831. The Labute approximate surface area is 144 Å². The fourth-order valence-corrected chi connectivity index (χ4v) is 2.19. The van der Waals surface area contributed by atoms with Crippen LogP contribution in [0.4, 0.5) is 11.4 Å². The van der Waals surface area contributed by atoms with Crippen molar-refractivity contribution in [1.29, 1.82) is 0 Å². The molecule has 1 aromatic heterocycles. The van der Waals surface area contributed by atoms with Crippen molar-refractivity contribution in [2.75, 3.05) is 5.73 Å². The van der Waals surface area contributed by atoms with E-state index >= 15 is 0 Å².